The highest BCUT2D eigenvalue weighted by molar-refractivity contribution is 5.97. The normalized spacial score (nSPS) is 13.1. The molecule has 8 N–H and O–H groups in total. The van der Waals surface area contributed by atoms with Crippen LogP contribution in [0.4, 0.5) is 35.0 Å². The van der Waals surface area contributed by atoms with Gasteiger partial charge in [0.15, 0.2) is 23.2 Å². The number of carbonyl (C=O) groups excluding carboxylic acids is 1. The zero-order valence-electron chi connectivity index (χ0n) is 18.5. The Morgan fingerprint density at radius 1 is 1.05 bits per heavy atom. The van der Waals surface area contributed by atoms with E-state index in [2.05, 4.69) is 25.3 Å². The molecule has 1 unspecified atom stereocenters. The first kappa shape index (κ1) is 26.8. The molecule has 0 bridgehead atoms. The lowest BCUT2D eigenvalue weighted by Crippen LogP contribution is -2.43. The number of hydrogen-bond acceptors (Lipinski definition) is 10. The molecule has 2 heterocycles. The molecule has 0 saturated carbocycles. The summed E-state index contributed by atoms with van der Waals surface area (Å²) in [6, 6.07) is 0.358. The minimum absolute atomic E-state index is 0.0784. The molecule has 3 rings (SSSR count). The summed E-state index contributed by atoms with van der Waals surface area (Å²) in [5, 5.41) is 22.0. The van der Waals surface area contributed by atoms with Crippen LogP contribution in [0.15, 0.2) is 24.4 Å². The zero-order valence-corrected chi connectivity index (χ0v) is 18.5. The summed E-state index contributed by atoms with van der Waals surface area (Å²) in [6.45, 7) is -0.254. The molecule has 0 aliphatic carbocycles. The lowest BCUT2D eigenvalue weighted by molar-refractivity contribution is -0.145. The summed E-state index contributed by atoms with van der Waals surface area (Å²) >= 11 is 0. The van der Waals surface area contributed by atoms with Crippen LogP contribution in [0.1, 0.15) is 28.0 Å². The van der Waals surface area contributed by atoms with Crippen molar-refractivity contribution in [1.82, 2.24) is 25.3 Å². The molecule has 196 valence electrons. The first-order valence-corrected chi connectivity index (χ1v) is 10.2. The number of hydrogen-bond donors (Lipinski definition) is 6. The van der Waals surface area contributed by atoms with Crippen LogP contribution in [0.2, 0.25) is 0 Å². The average molecular weight is 526 g/mol. The number of nitrogens with one attached hydrogen (secondary N) is 2. The molecule has 1 aromatic carbocycles. The van der Waals surface area contributed by atoms with Crippen LogP contribution in [0.25, 0.3) is 11.2 Å². The Labute approximate surface area is 203 Å². The number of fused-ring (bicyclic) bond motifs is 1. The van der Waals surface area contributed by atoms with Gasteiger partial charge in [-0.25, -0.2) is 23.9 Å². The van der Waals surface area contributed by atoms with Crippen LogP contribution in [0, 0.1) is 0 Å². The van der Waals surface area contributed by atoms with Crippen LogP contribution >= 0.6 is 0 Å². The number of alkyl halides is 4. The van der Waals surface area contributed by atoms with Crippen LogP contribution < -0.4 is 22.1 Å². The van der Waals surface area contributed by atoms with E-state index in [0.717, 1.165) is 12.1 Å². The van der Waals surface area contributed by atoms with Crippen molar-refractivity contribution in [3.8, 4) is 0 Å². The van der Waals surface area contributed by atoms with Crippen LogP contribution in [0.5, 0.6) is 0 Å². The molecule has 2 aromatic heterocycles. The third kappa shape index (κ3) is 6.44. The highest BCUT2D eigenvalue weighted by atomic mass is 19.4. The number of benzene rings is 1. The molecule has 1 amide bonds. The molecular formula is C20H18F4N8O5. The maximum atomic E-state index is 13.7. The van der Waals surface area contributed by atoms with E-state index in [4.69, 9.17) is 21.7 Å². The Hall–Kier alpha value is -4.83. The van der Waals surface area contributed by atoms with Gasteiger partial charge in [0, 0.05) is 17.7 Å². The van der Waals surface area contributed by atoms with Gasteiger partial charge >= 0.3 is 18.1 Å². The van der Waals surface area contributed by atoms with Gasteiger partial charge < -0.3 is 32.3 Å². The lowest BCUT2D eigenvalue weighted by atomic mass is 10.1. The van der Waals surface area contributed by atoms with E-state index in [1.807, 2.05) is 5.32 Å². The fraction of sp³-hybridized carbons (Fsp3) is 0.250. The monoisotopic (exact) mass is 526 g/mol. The number of carboxylic acids is 2. The molecule has 37 heavy (non-hydrogen) atoms. The first-order chi connectivity index (χ1) is 17.3. The van der Waals surface area contributed by atoms with Gasteiger partial charge in [-0.15, -0.1) is 0 Å². The summed E-state index contributed by atoms with van der Waals surface area (Å²) in [4.78, 5) is 50.0. The SMILES string of the molecule is Nc1nc(N)c2nc(CNc3ccc(C(=O)N[C@@H](CC(F)C(=O)O)C(=O)O)cc3C(F)(F)F)cnc2n1. The molecule has 0 fully saturated rings. The van der Waals surface area contributed by atoms with E-state index < -0.39 is 59.5 Å². The standard InChI is InChI=1S/C20H18F4N8O5/c21-10(17(34)35)4-12(18(36)37)30-16(33)7-1-2-11(9(3-7)20(22,23)24)27-5-8-6-28-15-13(29-8)14(25)31-19(26)32-15/h1-3,6,10,12,27H,4-5H2,(H,30,33)(H,34,35)(H,36,37)(H4,25,26,28,31,32)/t10?,12-/m0/s1. The third-order valence-electron chi connectivity index (χ3n) is 4.86. The first-order valence-electron chi connectivity index (χ1n) is 10.2. The highest BCUT2D eigenvalue weighted by Gasteiger charge is 2.35. The topological polar surface area (TPSA) is 219 Å². The summed E-state index contributed by atoms with van der Waals surface area (Å²) in [7, 11) is 0. The number of nitrogens with zero attached hydrogens (tertiary/aromatic N) is 4. The van der Waals surface area contributed by atoms with Gasteiger partial charge in [-0.2, -0.15) is 23.1 Å². The minimum Gasteiger partial charge on any atom is -0.480 e. The van der Waals surface area contributed by atoms with Crippen molar-refractivity contribution in [2.75, 3.05) is 16.8 Å². The molecule has 0 saturated heterocycles. The Morgan fingerprint density at radius 3 is 2.38 bits per heavy atom. The Morgan fingerprint density at radius 2 is 1.76 bits per heavy atom. The van der Waals surface area contributed by atoms with Crippen molar-refractivity contribution >= 4 is 46.5 Å². The number of nitrogen functional groups attached to an aromatic ring is 2. The fourth-order valence-corrected chi connectivity index (χ4v) is 3.10. The number of carbonyl (C=O) groups is 3. The maximum Gasteiger partial charge on any atom is 0.418 e. The summed E-state index contributed by atoms with van der Waals surface area (Å²) in [6.07, 6.45) is -7.45. The van der Waals surface area contributed by atoms with Gasteiger partial charge in [-0.1, -0.05) is 0 Å². The largest absolute Gasteiger partial charge is 0.480 e. The fourth-order valence-electron chi connectivity index (χ4n) is 3.10. The quantitative estimate of drug-likeness (QED) is 0.217. The number of aromatic nitrogens is 4. The summed E-state index contributed by atoms with van der Waals surface area (Å²) in [5.74, 6) is -5.21. The molecule has 3 aromatic rings. The van der Waals surface area contributed by atoms with Gasteiger partial charge in [-0.3, -0.25) is 4.79 Å². The maximum absolute atomic E-state index is 13.7. The predicted molar refractivity (Wildman–Crippen MR) is 119 cm³/mol. The lowest BCUT2D eigenvalue weighted by Gasteiger charge is -2.18. The van der Waals surface area contributed by atoms with Gasteiger partial charge in [0.25, 0.3) is 5.91 Å². The third-order valence-corrected chi connectivity index (χ3v) is 4.86. The molecule has 13 nitrogen and oxygen atoms in total. The van der Waals surface area contributed by atoms with Crippen LogP contribution in [-0.2, 0) is 22.3 Å². The van der Waals surface area contributed by atoms with Gasteiger partial charge in [0.05, 0.1) is 24.0 Å². The number of nitrogens with two attached hydrogens (primary N) is 2. The number of anilines is 3. The summed E-state index contributed by atoms with van der Waals surface area (Å²) in [5.41, 5.74) is 9.23. The van der Waals surface area contributed by atoms with Crippen molar-refractivity contribution in [2.45, 2.75) is 31.4 Å². The van der Waals surface area contributed by atoms with E-state index in [9.17, 15) is 31.9 Å². The second-order valence-corrected chi connectivity index (χ2v) is 7.52. The molecule has 0 aliphatic rings. The second kappa shape index (κ2) is 10.4. The van der Waals surface area contributed by atoms with Crippen LogP contribution in [-0.4, -0.2) is 60.2 Å². The minimum atomic E-state index is -4.94. The highest BCUT2D eigenvalue weighted by Crippen LogP contribution is 2.36. The Kier molecular flexibility index (Phi) is 7.54. The smallest absolute Gasteiger partial charge is 0.418 e. The molecular weight excluding hydrogens is 508 g/mol. The Bertz CT molecular complexity index is 1370. The van der Waals surface area contributed by atoms with Gasteiger partial charge in [0.2, 0.25) is 5.95 Å². The molecule has 2 atom stereocenters. The predicted octanol–water partition coefficient (Wildman–Crippen LogP) is 1.21. The second-order valence-electron chi connectivity index (χ2n) is 7.52. The van der Waals surface area contributed by atoms with E-state index in [1.54, 1.807) is 0 Å². The summed E-state index contributed by atoms with van der Waals surface area (Å²) < 4.78 is 54.6. The molecule has 0 aliphatic heterocycles. The number of rotatable bonds is 9. The van der Waals surface area contributed by atoms with Crippen LogP contribution in [0.3, 0.4) is 0 Å². The van der Waals surface area contributed by atoms with E-state index in [1.165, 1.54) is 6.20 Å². The average Bonchev–Trinajstić information content (AvgIpc) is 2.81. The zero-order chi connectivity index (χ0) is 27.5. The van der Waals surface area contributed by atoms with Crippen molar-refractivity contribution in [3.63, 3.8) is 0 Å². The number of halogens is 4. The van der Waals surface area contributed by atoms with Gasteiger partial charge in [0.1, 0.15) is 6.04 Å². The van der Waals surface area contributed by atoms with Crippen molar-refractivity contribution in [2.24, 2.45) is 0 Å². The van der Waals surface area contributed by atoms with E-state index >= 15 is 0 Å². The number of aliphatic carboxylic acids is 2. The van der Waals surface area contributed by atoms with E-state index in [0.29, 0.717) is 6.07 Å². The number of amides is 1. The van der Waals surface area contributed by atoms with Crippen molar-refractivity contribution in [3.05, 3.63) is 41.2 Å². The molecule has 0 spiro atoms. The van der Waals surface area contributed by atoms with Crippen molar-refractivity contribution in [1.29, 1.82) is 0 Å². The van der Waals surface area contributed by atoms with Gasteiger partial charge in [-0.05, 0) is 18.2 Å². The van der Waals surface area contributed by atoms with E-state index in [-0.39, 0.29) is 35.2 Å². The molecule has 0 radical (unpaired) electrons. The Balaban J connectivity index is 1.82. The number of carboxylic acid groups (broad SMARTS) is 2. The van der Waals surface area contributed by atoms with Crippen molar-refractivity contribution < 1.29 is 42.2 Å². The molecule has 17 heteroatoms.